The Morgan fingerprint density at radius 3 is 2.61 bits per heavy atom. The average molecular weight is 388 g/mol. The van der Waals surface area contributed by atoms with E-state index in [2.05, 4.69) is 0 Å². The van der Waals surface area contributed by atoms with Crippen molar-refractivity contribution in [1.29, 1.82) is 0 Å². The highest BCUT2D eigenvalue weighted by Gasteiger charge is 2.55. The number of hydrogen-bond donors (Lipinski definition) is 0. The van der Waals surface area contributed by atoms with E-state index in [4.69, 9.17) is 9.47 Å². The molecule has 154 valence electrons. The number of carbonyl (C=O) groups excluding carboxylic acids is 2. The number of nitrogens with zero attached hydrogens (tertiary/aromatic N) is 1. The topological polar surface area (TPSA) is 55.8 Å². The number of rotatable bonds is 5. The molecule has 1 aliphatic heterocycles. The van der Waals surface area contributed by atoms with Crippen molar-refractivity contribution in [3.05, 3.63) is 35.9 Å². The maximum atomic E-state index is 13.2. The van der Waals surface area contributed by atoms with Gasteiger partial charge in [0.1, 0.15) is 11.9 Å². The van der Waals surface area contributed by atoms with E-state index in [1.165, 1.54) is 0 Å². The molecular weight excluding hydrogens is 354 g/mol. The molecule has 0 aromatic heterocycles. The summed E-state index contributed by atoms with van der Waals surface area (Å²) in [5, 5.41) is 0. The van der Waals surface area contributed by atoms with Crippen molar-refractivity contribution in [2.45, 2.75) is 83.1 Å². The minimum atomic E-state index is -0.568. The second kappa shape index (κ2) is 8.64. The van der Waals surface area contributed by atoms with Gasteiger partial charge in [-0.25, -0.2) is 4.79 Å². The van der Waals surface area contributed by atoms with Gasteiger partial charge < -0.3 is 14.3 Å². The van der Waals surface area contributed by atoms with E-state index >= 15 is 0 Å². The third-order valence-corrected chi connectivity index (χ3v) is 6.00. The minimum absolute atomic E-state index is 0.0564. The van der Waals surface area contributed by atoms with Crippen LogP contribution in [0.15, 0.2) is 30.3 Å². The zero-order valence-electron chi connectivity index (χ0n) is 17.4. The molecule has 5 nitrogen and oxygen atoms in total. The fraction of sp³-hybridized carbons (Fsp3) is 0.652. The zero-order chi connectivity index (χ0) is 20.2. The molecular formula is C23H33NO4. The summed E-state index contributed by atoms with van der Waals surface area (Å²) in [6.07, 6.45) is 6.23. The standard InChI is InChI=1S/C23H33NO4/c1-22(2,3)28-21(26)24-20(17-27-16-18-9-5-4-6-10-18)12-14-23(24)13-8-7-11-19(23)15-25/h4-6,9-10,15,19-20H,7-8,11-14,16-17H2,1-3H3/t19-,20-,23-/m0/s1. The van der Waals surface area contributed by atoms with E-state index in [1.807, 2.05) is 56.0 Å². The van der Waals surface area contributed by atoms with Gasteiger partial charge in [-0.1, -0.05) is 43.2 Å². The smallest absolute Gasteiger partial charge is 0.411 e. The number of carbonyl (C=O) groups is 2. The van der Waals surface area contributed by atoms with Crippen LogP contribution in [0.1, 0.15) is 64.9 Å². The number of amides is 1. The summed E-state index contributed by atoms with van der Waals surface area (Å²) in [4.78, 5) is 26.9. The van der Waals surface area contributed by atoms with Gasteiger partial charge in [-0.05, 0) is 52.0 Å². The molecule has 0 radical (unpaired) electrons. The number of likely N-dealkylation sites (tertiary alicyclic amines) is 1. The van der Waals surface area contributed by atoms with Gasteiger partial charge in [0.25, 0.3) is 0 Å². The SMILES string of the molecule is CC(C)(C)OC(=O)N1[C@H](COCc2ccccc2)CC[C@]12CCCC[C@H]2C=O. The van der Waals surface area contributed by atoms with Crippen LogP contribution >= 0.6 is 0 Å². The molecule has 1 aromatic rings. The van der Waals surface area contributed by atoms with Gasteiger partial charge in [0.05, 0.1) is 24.8 Å². The molecule has 0 N–H and O–H groups in total. The van der Waals surface area contributed by atoms with Gasteiger partial charge >= 0.3 is 6.09 Å². The summed E-state index contributed by atoms with van der Waals surface area (Å²) in [5.74, 6) is -0.118. The molecule has 1 aliphatic carbocycles. The van der Waals surface area contributed by atoms with Crippen molar-refractivity contribution in [2.24, 2.45) is 5.92 Å². The molecule has 1 aromatic carbocycles. The predicted molar refractivity (Wildman–Crippen MR) is 108 cm³/mol. The first-order valence-electron chi connectivity index (χ1n) is 10.4. The van der Waals surface area contributed by atoms with Crippen molar-refractivity contribution >= 4 is 12.4 Å². The summed E-state index contributed by atoms with van der Waals surface area (Å²) >= 11 is 0. The molecule has 0 unspecified atom stereocenters. The van der Waals surface area contributed by atoms with E-state index in [-0.39, 0.29) is 18.1 Å². The molecule has 28 heavy (non-hydrogen) atoms. The van der Waals surface area contributed by atoms with Gasteiger partial charge in [0, 0.05) is 5.92 Å². The van der Waals surface area contributed by atoms with E-state index in [0.29, 0.717) is 13.2 Å². The Kier molecular flexibility index (Phi) is 6.43. The molecule has 2 fully saturated rings. The van der Waals surface area contributed by atoms with Crippen LogP contribution in [0.3, 0.4) is 0 Å². The van der Waals surface area contributed by atoms with Gasteiger partial charge in [-0.15, -0.1) is 0 Å². The van der Waals surface area contributed by atoms with Crippen LogP contribution in [0.5, 0.6) is 0 Å². The van der Waals surface area contributed by atoms with Crippen LogP contribution in [-0.2, 0) is 20.9 Å². The predicted octanol–water partition coefficient (Wildman–Crippen LogP) is 4.73. The molecule has 5 heteroatoms. The Bertz CT molecular complexity index is 669. The first kappa shape index (κ1) is 20.8. The Labute approximate surface area is 168 Å². The number of ether oxygens (including phenoxy) is 2. The summed E-state index contributed by atoms with van der Waals surface area (Å²) < 4.78 is 11.7. The lowest BCUT2D eigenvalue weighted by molar-refractivity contribution is -0.118. The van der Waals surface area contributed by atoms with Gasteiger partial charge in [-0.2, -0.15) is 0 Å². The van der Waals surface area contributed by atoms with Crippen molar-refractivity contribution in [1.82, 2.24) is 4.90 Å². The summed E-state index contributed by atoms with van der Waals surface area (Å²) in [6, 6.07) is 9.98. The van der Waals surface area contributed by atoms with Crippen molar-refractivity contribution in [3.63, 3.8) is 0 Å². The number of hydrogen-bond acceptors (Lipinski definition) is 4. The number of benzene rings is 1. The molecule has 1 saturated carbocycles. The van der Waals surface area contributed by atoms with Crippen LogP contribution in [-0.4, -0.2) is 41.1 Å². The average Bonchev–Trinajstić information content (AvgIpc) is 3.00. The monoisotopic (exact) mass is 387 g/mol. The van der Waals surface area contributed by atoms with E-state index in [1.54, 1.807) is 0 Å². The quantitative estimate of drug-likeness (QED) is 0.685. The van der Waals surface area contributed by atoms with Gasteiger partial charge in [0.2, 0.25) is 0 Å². The van der Waals surface area contributed by atoms with Gasteiger partial charge in [-0.3, -0.25) is 4.90 Å². The van der Waals surface area contributed by atoms with Crippen LogP contribution in [0, 0.1) is 5.92 Å². The highest BCUT2D eigenvalue weighted by atomic mass is 16.6. The highest BCUT2D eigenvalue weighted by Crippen LogP contribution is 2.47. The van der Waals surface area contributed by atoms with Crippen LogP contribution in [0.2, 0.25) is 0 Å². The normalized spacial score (nSPS) is 27.8. The third kappa shape index (κ3) is 4.57. The van der Waals surface area contributed by atoms with Crippen LogP contribution in [0.4, 0.5) is 4.79 Å². The fourth-order valence-electron chi connectivity index (χ4n) is 4.77. The van der Waals surface area contributed by atoms with Crippen LogP contribution in [0.25, 0.3) is 0 Å². The molecule has 0 bridgehead atoms. The lowest BCUT2D eigenvalue weighted by Gasteiger charge is -2.47. The van der Waals surface area contributed by atoms with E-state index < -0.39 is 11.1 Å². The lowest BCUT2D eigenvalue weighted by atomic mass is 9.72. The highest BCUT2D eigenvalue weighted by molar-refractivity contribution is 5.72. The van der Waals surface area contributed by atoms with Crippen molar-refractivity contribution in [2.75, 3.05) is 6.61 Å². The Morgan fingerprint density at radius 2 is 1.93 bits per heavy atom. The summed E-state index contributed by atoms with van der Waals surface area (Å²) in [6.45, 7) is 6.62. The summed E-state index contributed by atoms with van der Waals surface area (Å²) in [5.41, 5.74) is 0.132. The van der Waals surface area contributed by atoms with Crippen LogP contribution < -0.4 is 0 Å². The molecule has 3 atom stereocenters. The maximum Gasteiger partial charge on any atom is 0.411 e. The Morgan fingerprint density at radius 1 is 1.18 bits per heavy atom. The number of aldehydes is 1. The van der Waals surface area contributed by atoms with E-state index in [9.17, 15) is 9.59 Å². The zero-order valence-corrected chi connectivity index (χ0v) is 17.4. The van der Waals surface area contributed by atoms with E-state index in [0.717, 1.165) is 50.4 Å². The van der Waals surface area contributed by atoms with Crippen molar-refractivity contribution < 1.29 is 19.1 Å². The fourth-order valence-corrected chi connectivity index (χ4v) is 4.77. The van der Waals surface area contributed by atoms with Crippen molar-refractivity contribution in [3.8, 4) is 0 Å². The molecule has 1 saturated heterocycles. The van der Waals surface area contributed by atoms with Gasteiger partial charge in [0.15, 0.2) is 0 Å². The molecule has 2 aliphatic rings. The molecule has 1 heterocycles. The molecule has 1 spiro atoms. The molecule has 3 rings (SSSR count). The largest absolute Gasteiger partial charge is 0.444 e. The maximum absolute atomic E-state index is 13.2. The molecule has 1 amide bonds. The summed E-state index contributed by atoms with van der Waals surface area (Å²) in [7, 11) is 0. The second-order valence-corrected chi connectivity index (χ2v) is 9.14. The Balaban J connectivity index is 1.76. The first-order valence-corrected chi connectivity index (χ1v) is 10.4. The second-order valence-electron chi connectivity index (χ2n) is 9.14. The minimum Gasteiger partial charge on any atom is -0.444 e. The lowest BCUT2D eigenvalue weighted by Crippen LogP contribution is -2.58. The third-order valence-electron chi connectivity index (χ3n) is 6.00. The Hall–Kier alpha value is -1.88. The first-order chi connectivity index (χ1) is 13.4.